The van der Waals surface area contributed by atoms with Crippen molar-refractivity contribution < 1.29 is 9.50 Å². The fourth-order valence-corrected chi connectivity index (χ4v) is 2.32. The highest BCUT2D eigenvalue weighted by Crippen LogP contribution is 2.70. The van der Waals surface area contributed by atoms with Crippen LogP contribution in [0, 0.1) is 5.41 Å². The summed E-state index contributed by atoms with van der Waals surface area (Å²) in [5.74, 6) is 0. The van der Waals surface area contributed by atoms with Gasteiger partial charge in [-0.3, -0.25) is 0 Å². The Labute approximate surface area is 59.2 Å². The first-order chi connectivity index (χ1) is 4.60. The van der Waals surface area contributed by atoms with E-state index in [1.54, 1.807) is 0 Å². The monoisotopic (exact) mass is 145 g/mol. The van der Waals surface area contributed by atoms with E-state index >= 15 is 0 Å². The van der Waals surface area contributed by atoms with E-state index in [0.29, 0.717) is 19.3 Å². The van der Waals surface area contributed by atoms with Gasteiger partial charge in [0.05, 0.1) is 6.61 Å². The fraction of sp³-hybridized carbons (Fsp3) is 1.00. The summed E-state index contributed by atoms with van der Waals surface area (Å²) < 4.78 is 12.9. The van der Waals surface area contributed by atoms with Gasteiger partial charge in [0.2, 0.25) is 0 Å². The molecule has 0 aromatic rings. The van der Waals surface area contributed by atoms with Gasteiger partial charge >= 0.3 is 0 Å². The molecule has 2 nitrogen and oxygen atoms in total. The number of aliphatic hydroxyl groups is 1. The molecule has 0 aromatic carbocycles. The predicted octanol–water partition coefficient (Wildman–Crippen LogP) is 0.198. The molecule has 3 heteroatoms. The number of nitrogens with two attached hydrogens (primary N) is 1. The highest BCUT2D eigenvalue weighted by molar-refractivity contribution is 5.22. The first-order valence-corrected chi connectivity index (χ1v) is 3.66. The summed E-state index contributed by atoms with van der Waals surface area (Å²) in [5, 5.41) is 8.70. The Morgan fingerprint density at radius 1 is 1.50 bits per heavy atom. The number of aliphatic hydroxyl groups excluding tert-OH is 1. The largest absolute Gasteiger partial charge is 0.395 e. The van der Waals surface area contributed by atoms with Gasteiger partial charge in [-0.25, -0.2) is 4.39 Å². The highest BCUT2D eigenvalue weighted by atomic mass is 19.1. The molecule has 1 atom stereocenters. The van der Waals surface area contributed by atoms with Gasteiger partial charge in [-0.2, -0.15) is 0 Å². The summed E-state index contributed by atoms with van der Waals surface area (Å²) in [7, 11) is 0. The second kappa shape index (κ2) is 1.53. The van der Waals surface area contributed by atoms with Crippen molar-refractivity contribution in [3.63, 3.8) is 0 Å². The second-order valence-corrected chi connectivity index (χ2v) is 3.83. The van der Waals surface area contributed by atoms with Crippen molar-refractivity contribution in [3.8, 4) is 0 Å². The first-order valence-electron chi connectivity index (χ1n) is 3.66. The van der Waals surface area contributed by atoms with Gasteiger partial charge in [0, 0.05) is 6.04 Å². The van der Waals surface area contributed by atoms with Crippen LogP contribution in [0.4, 0.5) is 4.39 Å². The summed E-state index contributed by atoms with van der Waals surface area (Å²) >= 11 is 0. The average Bonchev–Trinajstić information content (AvgIpc) is 1.77. The maximum atomic E-state index is 12.9. The van der Waals surface area contributed by atoms with Gasteiger partial charge in [0.1, 0.15) is 5.67 Å². The second-order valence-electron chi connectivity index (χ2n) is 3.83. The molecule has 0 aliphatic heterocycles. The maximum Gasteiger partial charge on any atom is 0.112 e. The van der Waals surface area contributed by atoms with Crippen molar-refractivity contribution in [1.82, 2.24) is 0 Å². The van der Waals surface area contributed by atoms with Crippen LogP contribution in [0.25, 0.3) is 0 Å². The Balaban J connectivity index is 1.98. The van der Waals surface area contributed by atoms with Crippen LogP contribution in [0.2, 0.25) is 0 Å². The summed E-state index contributed by atoms with van der Waals surface area (Å²) in [6.07, 6.45) is 1.76. The van der Waals surface area contributed by atoms with Crippen molar-refractivity contribution in [3.05, 3.63) is 0 Å². The lowest BCUT2D eigenvalue weighted by Gasteiger charge is -2.68. The smallest absolute Gasteiger partial charge is 0.112 e. The van der Waals surface area contributed by atoms with Gasteiger partial charge in [0.25, 0.3) is 0 Å². The molecule has 3 aliphatic rings. The van der Waals surface area contributed by atoms with Crippen LogP contribution >= 0.6 is 0 Å². The van der Waals surface area contributed by atoms with E-state index < -0.39 is 5.67 Å². The molecule has 2 bridgehead atoms. The number of halogens is 1. The third kappa shape index (κ3) is 0.551. The quantitative estimate of drug-likeness (QED) is 0.583. The molecule has 10 heavy (non-hydrogen) atoms. The van der Waals surface area contributed by atoms with Gasteiger partial charge in [-0.15, -0.1) is 0 Å². The molecule has 0 spiro atoms. The van der Waals surface area contributed by atoms with Crippen LogP contribution in [-0.4, -0.2) is 23.4 Å². The molecule has 3 fully saturated rings. The molecule has 0 saturated heterocycles. The van der Waals surface area contributed by atoms with E-state index in [0.717, 1.165) is 0 Å². The van der Waals surface area contributed by atoms with E-state index in [1.807, 2.05) is 0 Å². The summed E-state index contributed by atoms with van der Waals surface area (Å²) in [6, 6.07) is -0.190. The van der Waals surface area contributed by atoms with Crippen molar-refractivity contribution >= 4 is 0 Å². The normalized spacial score (nSPS) is 53.1. The van der Waals surface area contributed by atoms with E-state index in [4.69, 9.17) is 10.8 Å². The molecule has 0 unspecified atom stereocenters. The van der Waals surface area contributed by atoms with Crippen LogP contribution in [0.1, 0.15) is 19.3 Å². The number of alkyl halides is 1. The molecule has 0 heterocycles. The van der Waals surface area contributed by atoms with E-state index in [9.17, 15) is 4.39 Å². The van der Waals surface area contributed by atoms with Crippen LogP contribution in [-0.2, 0) is 0 Å². The third-order valence-corrected chi connectivity index (χ3v) is 2.99. The standard InChI is InChI=1S/C7H12FNO/c8-7-2-6(3-7,4-7)5(9)1-10/h5,10H,1-4,9H2/t5-,6?,7?/m1/s1. The van der Waals surface area contributed by atoms with Gasteiger partial charge in [-0.05, 0) is 24.7 Å². The third-order valence-electron chi connectivity index (χ3n) is 2.99. The Morgan fingerprint density at radius 3 is 2.30 bits per heavy atom. The molecule has 58 valence electrons. The Hall–Kier alpha value is -0.150. The first kappa shape index (κ1) is 6.55. The van der Waals surface area contributed by atoms with Crippen molar-refractivity contribution in [1.29, 1.82) is 0 Å². The molecule has 0 aromatic heterocycles. The van der Waals surface area contributed by atoms with E-state index in [2.05, 4.69) is 0 Å². The molecule has 3 N–H and O–H groups in total. The number of hydrogen-bond donors (Lipinski definition) is 2. The zero-order valence-electron chi connectivity index (χ0n) is 5.81. The van der Waals surface area contributed by atoms with Crippen LogP contribution in [0.15, 0.2) is 0 Å². The van der Waals surface area contributed by atoms with Gasteiger partial charge in [0.15, 0.2) is 0 Å². The van der Waals surface area contributed by atoms with Gasteiger partial charge in [-0.1, -0.05) is 0 Å². The molecular formula is C7H12FNO. The lowest BCUT2D eigenvalue weighted by atomic mass is 9.40. The Kier molecular flexibility index (Phi) is 1.01. The summed E-state index contributed by atoms with van der Waals surface area (Å²) in [6.45, 7) is -0.00389. The minimum atomic E-state index is -0.882. The Morgan fingerprint density at radius 2 is 2.00 bits per heavy atom. The fourth-order valence-electron chi connectivity index (χ4n) is 2.32. The number of rotatable bonds is 2. The predicted molar refractivity (Wildman–Crippen MR) is 35.2 cm³/mol. The van der Waals surface area contributed by atoms with Gasteiger partial charge < -0.3 is 10.8 Å². The SMILES string of the molecule is N[C@H](CO)C12CC(F)(C1)C2. The minimum absolute atomic E-state index is 0.00389. The maximum absolute atomic E-state index is 12.9. The zero-order chi connectivity index (χ0) is 7.41. The van der Waals surface area contributed by atoms with Crippen LogP contribution in [0.5, 0.6) is 0 Å². The Bertz CT molecular complexity index is 151. The minimum Gasteiger partial charge on any atom is -0.395 e. The molecule has 0 amide bonds. The zero-order valence-corrected chi connectivity index (χ0v) is 5.81. The molecular weight excluding hydrogens is 133 g/mol. The average molecular weight is 145 g/mol. The van der Waals surface area contributed by atoms with Crippen molar-refractivity contribution in [2.24, 2.45) is 11.1 Å². The van der Waals surface area contributed by atoms with E-state index in [1.165, 1.54) is 0 Å². The lowest BCUT2D eigenvalue weighted by molar-refractivity contribution is -0.228. The van der Waals surface area contributed by atoms with Crippen LogP contribution in [0.3, 0.4) is 0 Å². The highest BCUT2D eigenvalue weighted by Gasteiger charge is 2.70. The summed E-state index contributed by atoms with van der Waals surface area (Å²) in [4.78, 5) is 0. The molecule has 0 radical (unpaired) electrons. The van der Waals surface area contributed by atoms with Crippen LogP contribution < -0.4 is 5.73 Å². The molecule has 3 saturated carbocycles. The topological polar surface area (TPSA) is 46.2 Å². The number of hydrogen-bond acceptors (Lipinski definition) is 2. The van der Waals surface area contributed by atoms with E-state index in [-0.39, 0.29) is 18.1 Å². The molecule has 3 rings (SSSR count). The van der Waals surface area contributed by atoms with Crippen molar-refractivity contribution in [2.45, 2.75) is 31.0 Å². The lowest BCUT2D eigenvalue weighted by Crippen LogP contribution is -2.71. The van der Waals surface area contributed by atoms with Crippen molar-refractivity contribution in [2.75, 3.05) is 6.61 Å². The summed E-state index contributed by atoms with van der Waals surface area (Å²) in [5.41, 5.74) is 4.70. The molecule has 3 aliphatic carbocycles.